The van der Waals surface area contributed by atoms with Gasteiger partial charge in [-0.25, -0.2) is 9.18 Å². The molecule has 0 amide bonds. The predicted molar refractivity (Wildman–Crippen MR) is 97.8 cm³/mol. The number of aliphatic hydroxyl groups is 1. The van der Waals surface area contributed by atoms with Gasteiger partial charge < -0.3 is 9.84 Å². The van der Waals surface area contributed by atoms with Gasteiger partial charge in [-0.2, -0.15) is 13.2 Å². The van der Waals surface area contributed by atoms with Gasteiger partial charge in [0, 0.05) is 5.56 Å². The van der Waals surface area contributed by atoms with Crippen LogP contribution in [0.1, 0.15) is 38.3 Å². The fourth-order valence-electron chi connectivity index (χ4n) is 2.67. The van der Waals surface area contributed by atoms with Crippen molar-refractivity contribution in [2.24, 2.45) is 0 Å². The molecule has 0 fully saturated rings. The first kappa shape index (κ1) is 23.1. The van der Waals surface area contributed by atoms with Crippen LogP contribution in [0.25, 0.3) is 0 Å². The molecule has 1 atom stereocenters. The van der Waals surface area contributed by atoms with Crippen molar-refractivity contribution in [1.29, 1.82) is 0 Å². The minimum Gasteiger partial charge on any atom is -0.465 e. The van der Waals surface area contributed by atoms with Gasteiger partial charge in [0.25, 0.3) is 0 Å². The molecule has 0 radical (unpaired) electrons. The quantitative estimate of drug-likeness (QED) is 0.291. The zero-order chi connectivity index (χ0) is 22.1. The summed E-state index contributed by atoms with van der Waals surface area (Å²) in [4.78, 5) is 24.1. The van der Waals surface area contributed by atoms with E-state index in [0.29, 0.717) is 17.7 Å². The molecule has 0 heterocycles. The predicted octanol–water partition coefficient (Wildman–Crippen LogP) is 5.25. The van der Waals surface area contributed by atoms with Gasteiger partial charge in [0.05, 0.1) is 29.1 Å². The SMILES string of the molecule is COC(=O)c1ccc(C(=O)C[C@](O)(c2cc(Cl)c(F)c(Cl)c2)C(F)(F)F)cc1C. The normalized spacial score (nSPS) is 13.7. The van der Waals surface area contributed by atoms with Crippen molar-refractivity contribution < 1.29 is 37.0 Å². The van der Waals surface area contributed by atoms with Crippen molar-refractivity contribution in [2.75, 3.05) is 7.11 Å². The molecule has 0 unspecified atom stereocenters. The Kier molecular flexibility index (Phi) is 6.61. The summed E-state index contributed by atoms with van der Waals surface area (Å²) in [6, 6.07) is 4.70. The van der Waals surface area contributed by atoms with Crippen molar-refractivity contribution in [1.82, 2.24) is 0 Å². The molecule has 156 valence electrons. The number of methoxy groups -OCH3 is 1. The molecule has 0 spiro atoms. The zero-order valence-electron chi connectivity index (χ0n) is 15.0. The number of rotatable bonds is 5. The van der Waals surface area contributed by atoms with Gasteiger partial charge in [-0.05, 0) is 42.3 Å². The number of Topliss-reactive ketones (excluding diaryl/α,β-unsaturated/α-hetero) is 1. The number of carbonyl (C=O) groups excluding carboxylic acids is 2. The van der Waals surface area contributed by atoms with Crippen LogP contribution in [0.15, 0.2) is 30.3 Å². The summed E-state index contributed by atoms with van der Waals surface area (Å²) in [5, 5.41) is 8.91. The average Bonchev–Trinajstić information content (AvgIpc) is 2.63. The number of alkyl halides is 3. The molecule has 4 nitrogen and oxygen atoms in total. The Bertz CT molecular complexity index is 952. The van der Waals surface area contributed by atoms with Crippen LogP contribution in [0.2, 0.25) is 10.0 Å². The molecule has 0 bridgehead atoms. The highest BCUT2D eigenvalue weighted by Gasteiger charge is 2.56. The van der Waals surface area contributed by atoms with Crippen molar-refractivity contribution >= 4 is 35.0 Å². The lowest BCUT2D eigenvalue weighted by Gasteiger charge is -2.31. The molecular formula is C19H14Cl2F4O4. The summed E-state index contributed by atoms with van der Waals surface area (Å²) < 4.78 is 59.2. The molecule has 0 saturated heterocycles. The number of benzene rings is 2. The van der Waals surface area contributed by atoms with Crippen LogP contribution >= 0.6 is 23.2 Å². The Hall–Kier alpha value is -2.16. The number of esters is 1. The van der Waals surface area contributed by atoms with E-state index in [1.807, 2.05) is 0 Å². The van der Waals surface area contributed by atoms with E-state index in [0.717, 1.165) is 13.2 Å². The highest BCUT2D eigenvalue weighted by Crippen LogP contribution is 2.44. The van der Waals surface area contributed by atoms with E-state index < -0.39 is 51.4 Å². The molecule has 2 aromatic rings. The Balaban J connectivity index is 2.47. The van der Waals surface area contributed by atoms with Crippen molar-refractivity contribution in [3.8, 4) is 0 Å². The second-order valence-electron chi connectivity index (χ2n) is 6.23. The van der Waals surface area contributed by atoms with Crippen LogP contribution in [0, 0.1) is 12.7 Å². The fraction of sp³-hybridized carbons (Fsp3) is 0.263. The van der Waals surface area contributed by atoms with E-state index in [4.69, 9.17) is 23.2 Å². The Labute approximate surface area is 173 Å². The van der Waals surface area contributed by atoms with Crippen LogP contribution in [-0.2, 0) is 10.3 Å². The maximum absolute atomic E-state index is 13.7. The molecule has 1 N–H and O–H groups in total. The maximum atomic E-state index is 13.7. The molecule has 0 aliphatic rings. The first-order valence-corrected chi connectivity index (χ1v) is 8.73. The number of carbonyl (C=O) groups is 2. The highest BCUT2D eigenvalue weighted by atomic mass is 35.5. The van der Waals surface area contributed by atoms with Crippen LogP contribution in [0.5, 0.6) is 0 Å². The van der Waals surface area contributed by atoms with Gasteiger partial charge in [0.2, 0.25) is 0 Å². The standard InChI is InChI=1S/C19H14Cl2F4O4/c1-9-5-10(3-4-12(9)17(27)29-2)15(26)8-18(28,19(23,24)25)11-6-13(20)16(22)14(21)7-11/h3-7,28H,8H2,1-2H3/t18-/m0/s1. The molecule has 29 heavy (non-hydrogen) atoms. The summed E-state index contributed by atoms with van der Waals surface area (Å²) >= 11 is 11.1. The van der Waals surface area contributed by atoms with Crippen LogP contribution < -0.4 is 0 Å². The molecule has 0 aliphatic heterocycles. The Morgan fingerprint density at radius 1 is 1.10 bits per heavy atom. The van der Waals surface area contributed by atoms with E-state index in [9.17, 15) is 32.3 Å². The molecule has 0 aromatic heterocycles. The van der Waals surface area contributed by atoms with Crippen LogP contribution in [0.4, 0.5) is 17.6 Å². The number of hydrogen-bond acceptors (Lipinski definition) is 4. The average molecular weight is 453 g/mol. The third kappa shape index (κ3) is 4.55. The summed E-state index contributed by atoms with van der Waals surface area (Å²) in [5.41, 5.74) is -4.28. The summed E-state index contributed by atoms with van der Waals surface area (Å²) in [6.45, 7) is 1.47. The summed E-state index contributed by atoms with van der Waals surface area (Å²) in [7, 11) is 1.16. The minimum absolute atomic E-state index is 0.132. The monoisotopic (exact) mass is 452 g/mol. The largest absolute Gasteiger partial charge is 0.465 e. The number of halogens is 6. The third-order valence-electron chi connectivity index (χ3n) is 4.30. The number of aryl methyl sites for hydroxylation is 1. The van der Waals surface area contributed by atoms with Gasteiger partial charge >= 0.3 is 12.1 Å². The van der Waals surface area contributed by atoms with E-state index in [2.05, 4.69) is 4.74 Å². The van der Waals surface area contributed by atoms with Gasteiger partial charge in [-0.15, -0.1) is 0 Å². The van der Waals surface area contributed by atoms with Gasteiger partial charge in [-0.1, -0.05) is 29.3 Å². The van der Waals surface area contributed by atoms with Crippen LogP contribution in [0.3, 0.4) is 0 Å². The Morgan fingerprint density at radius 3 is 2.10 bits per heavy atom. The first-order chi connectivity index (χ1) is 13.3. The molecular weight excluding hydrogens is 439 g/mol. The smallest absolute Gasteiger partial charge is 0.421 e. The number of ketones is 1. The molecule has 0 aliphatic carbocycles. The van der Waals surface area contributed by atoms with Crippen molar-refractivity contribution in [3.05, 3.63) is 68.4 Å². The van der Waals surface area contributed by atoms with Gasteiger partial charge in [0.1, 0.15) is 0 Å². The number of hydrogen-bond donors (Lipinski definition) is 1. The number of ether oxygens (including phenoxy) is 1. The second kappa shape index (κ2) is 8.30. The highest BCUT2D eigenvalue weighted by molar-refractivity contribution is 6.35. The lowest BCUT2D eigenvalue weighted by Crippen LogP contribution is -2.44. The fourth-order valence-corrected chi connectivity index (χ4v) is 3.16. The second-order valence-corrected chi connectivity index (χ2v) is 7.05. The lowest BCUT2D eigenvalue weighted by atomic mass is 9.86. The Morgan fingerprint density at radius 2 is 1.66 bits per heavy atom. The first-order valence-electron chi connectivity index (χ1n) is 7.98. The minimum atomic E-state index is -5.30. The van der Waals surface area contributed by atoms with Gasteiger partial charge in [-0.3, -0.25) is 4.79 Å². The third-order valence-corrected chi connectivity index (χ3v) is 4.85. The van der Waals surface area contributed by atoms with E-state index >= 15 is 0 Å². The summed E-state index contributed by atoms with van der Waals surface area (Å²) in [5.74, 6) is -2.90. The molecule has 10 heteroatoms. The summed E-state index contributed by atoms with van der Waals surface area (Å²) in [6.07, 6.45) is -6.71. The maximum Gasteiger partial charge on any atom is 0.421 e. The van der Waals surface area contributed by atoms with E-state index in [1.165, 1.54) is 19.1 Å². The van der Waals surface area contributed by atoms with Gasteiger partial charge in [0.15, 0.2) is 17.2 Å². The molecule has 2 rings (SSSR count). The van der Waals surface area contributed by atoms with E-state index in [-0.39, 0.29) is 11.1 Å². The lowest BCUT2D eigenvalue weighted by molar-refractivity contribution is -0.264. The van der Waals surface area contributed by atoms with Crippen molar-refractivity contribution in [3.63, 3.8) is 0 Å². The van der Waals surface area contributed by atoms with Crippen LogP contribution in [-0.4, -0.2) is 30.1 Å². The molecule has 2 aromatic carbocycles. The molecule has 0 saturated carbocycles. The van der Waals surface area contributed by atoms with Crippen molar-refractivity contribution in [2.45, 2.75) is 25.1 Å². The zero-order valence-corrected chi connectivity index (χ0v) is 16.5. The van der Waals surface area contributed by atoms with E-state index in [1.54, 1.807) is 0 Å². The topological polar surface area (TPSA) is 63.6 Å².